The number of benzene rings is 1. The molecule has 1 aromatic carbocycles. The van der Waals surface area contributed by atoms with Gasteiger partial charge in [0, 0.05) is 4.88 Å². The largest absolute Gasteiger partial charge is 0.302 e. The van der Waals surface area contributed by atoms with E-state index < -0.39 is 0 Å². The number of hydrogen-bond acceptors (Lipinski definition) is 3. The molecule has 1 aliphatic rings. The number of nitrogens with zero attached hydrogens (tertiary/aromatic N) is 1. The fourth-order valence-electron chi connectivity index (χ4n) is 2.74. The van der Waals surface area contributed by atoms with Crippen molar-refractivity contribution in [2.24, 2.45) is 5.92 Å². The lowest BCUT2D eigenvalue weighted by Crippen LogP contribution is -2.15. The molecular weight excluding hydrogens is 280 g/mol. The van der Waals surface area contributed by atoms with Crippen LogP contribution >= 0.6 is 11.3 Å². The summed E-state index contributed by atoms with van der Waals surface area (Å²) in [6.07, 6.45) is 3.75. The zero-order valence-electron chi connectivity index (χ0n) is 12.5. The second-order valence-electron chi connectivity index (χ2n) is 5.89. The molecule has 110 valence electrons. The summed E-state index contributed by atoms with van der Waals surface area (Å²) in [5.74, 6) is 0.747. The van der Waals surface area contributed by atoms with Gasteiger partial charge in [0.15, 0.2) is 5.13 Å². The zero-order chi connectivity index (χ0) is 14.8. The van der Waals surface area contributed by atoms with Crippen molar-refractivity contribution in [1.29, 1.82) is 0 Å². The van der Waals surface area contributed by atoms with Crippen molar-refractivity contribution >= 4 is 22.4 Å². The zero-order valence-corrected chi connectivity index (χ0v) is 13.3. The quantitative estimate of drug-likeness (QED) is 0.938. The molecular formula is C17H20N2OS. The van der Waals surface area contributed by atoms with E-state index in [1.807, 2.05) is 31.2 Å². The van der Waals surface area contributed by atoms with Crippen LogP contribution in [0.5, 0.6) is 0 Å². The van der Waals surface area contributed by atoms with Crippen LogP contribution in [0.25, 0.3) is 0 Å². The summed E-state index contributed by atoms with van der Waals surface area (Å²) in [7, 11) is 0. The normalized spacial score (nSPS) is 17.3. The average molecular weight is 300 g/mol. The molecule has 1 aromatic heterocycles. The van der Waals surface area contributed by atoms with Crippen LogP contribution in [-0.4, -0.2) is 10.9 Å². The van der Waals surface area contributed by atoms with Crippen LogP contribution in [0.2, 0.25) is 0 Å². The van der Waals surface area contributed by atoms with Crippen molar-refractivity contribution < 1.29 is 4.79 Å². The van der Waals surface area contributed by atoms with E-state index in [9.17, 15) is 4.79 Å². The molecule has 3 nitrogen and oxygen atoms in total. The third-order valence-corrected chi connectivity index (χ3v) is 5.08. The van der Waals surface area contributed by atoms with E-state index in [0.717, 1.165) is 35.0 Å². The molecule has 0 spiro atoms. The molecule has 1 aliphatic carbocycles. The fraction of sp³-hybridized carbons (Fsp3) is 0.412. The summed E-state index contributed by atoms with van der Waals surface area (Å²) >= 11 is 1.64. The second-order valence-corrected chi connectivity index (χ2v) is 6.97. The fourth-order valence-corrected chi connectivity index (χ4v) is 3.93. The Bertz CT molecular complexity index is 663. The van der Waals surface area contributed by atoms with Gasteiger partial charge in [-0.1, -0.05) is 31.2 Å². The molecule has 1 atom stereocenters. The Morgan fingerprint density at radius 1 is 1.43 bits per heavy atom. The molecule has 1 heterocycles. The number of anilines is 1. The minimum atomic E-state index is 0.0171. The minimum Gasteiger partial charge on any atom is -0.302 e. The van der Waals surface area contributed by atoms with Crippen molar-refractivity contribution in [2.75, 3.05) is 5.32 Å². The van der Waals surface area contributed by atoms with E-state index >= 15 is 0 Å². The topological polar surface area (TPSA) is 42.0 Å². The van der Waals surface area contributed by atoms with Crippen LogP contribution in [0, 0.1) is 12.8 Å². The maximum atomic E-state index is 12.2. The highest BCUT2D eigenvalue weighted by Gasteiger charge is 2.20. The summed E-state index contributed by atoms with van der Waals surface area (Å²) in [6.45, 7) is 4.31. The Morgan fingerprint density at radius 2 is 2.24 bits per heavy atom. The van der Waals surface area contributed by atoms with E-state index in [2.05, 4.69) is 17.2 Å². The second kappa shape index (κ2) is 5.98. The third-order valence-electron chi connectivity index (χ3n) is 4.04. The molecule has 0 saturated carbocycles. The smallest absolute Gasteiger partial charge is 0.230 e. The number of carbonyl (C=O) groups is 1. The molecule has 0 aliphatic heterocycles. The van der Waals surface area contributed by atoms with Gasteiger partial charge in [-0.05, 0) is 43.2 Å². The third kappa shape index (κ3) is 3.32. The van der Waals surface area contributed by atoms with Crippen molar-refractivity contribution in [3.63, 3.8) is 0 Å². The number of nitrogens with one attached hydrogen (secondary N) is 1. The van der Waals surface area contributed by atoms with E-state index in [-0.39, 0.29) is 5.91 Å². The number of carbonyl (C=O) groups excluding carboxylic acids is 1. The highest BCUT2D eigenvalue weighted by molar-refractivity contribution is 7.15. The van der Waals surface area contributed by atoms with Gasteiger partial charge < -0.3 is 5.32 Å². The predicted octanol–water partition coefficient (Wildman–Crippen LogP) is 3.76. The first-order chi connectivity index (χ1) is 10.1. The first-order valence-corrected chi connectivity index (χ1v) is 8.26. The van der Waals surface area contributed by atoms with E-state index in [4.69, 9.17) is 0 Å². The molecule has 0 saturated heterocycles. The molecule has 0 bridgehead atoms. The lowest BCUT2D eigenvalue weighted by Gasteiger charge is -2.15. The Morgan fingerprint density at radius 3 is 3.05 bits per heavy atom. The van der Waals surface area contributed by atoms with Crippen LogP contribution in [0.1, 0.15) is 35.0 Å². The first-order valence-electron chi connectivity index (χ1n) is 7.44. The van der Waals surface area contributed by atoms with Gasteiger partial charge in [-0.15, -0.1) is 11.3 Å². The lowest BCUT2D eigenvalue weighted by atomic mass is 9.93. The van der Waals surface area contributed by atoms with Crippen molar-refractivity contribution in [2.45, 2.75) is 39.5 Å². The Balaban J connectivity index is 1.67. The summed E-state index contributed by atoms with van der Waals surface area (Å²) in [5.41, 5.74) is 3.41. The maximum absolute atomic E-state index is 12.2. The summed E-state index contributed by atoms with van der Waals surface area (Å²) < 4.78 is 0. The molecule has 2 aromatic rings. The van der Waals surface area contributed by atoms with E-state index in [1.165, 1.54) is 17.0 Å². The molecule has 1 N–H and O–H groups in total. The highest BCUT2D eigenvalue weighted by Crippen LogP contribution is 2.32. The van der Waals surface area contributed by atoms with Crippen LogP contribution in [-0.2, 0) is 24.1 Å². The monoisotopic (exact) mass is 300 g/mol. The van der Waals surface area contributed by atoms with Gasteiger partial charge in [-0.3, -0.25) is 4.79 Å². The average Bonchev–Trinajstić information content (AvgIpc) is 2.82. The Hall–Kier alpha value is -1.68. The number of aryl methyl sites for hydroxylation is 2. The highest BCUT2D eigenvalue weighted by atomic mass is 32.1. The summed E-state index contributed by atoms with van der Waals surface area (Å²) in [6, 6.07) is 8.00. The molecule has 0 radical (unpaired) electrons. The molecule has 4 heteroatoms. The lowest BCUT2D eigenvalue weighted by molar-refractivity contribution is -0.115. The molecule has 3 rings (SSSR count). The van der Waals surface area contributed by atoms with E-state index in [1.54, 1.807) is 11.3 Å². The van der Waals surface area contributed by atoms with Crippen molar-refractivity contribution in [1.82, 2.24) is 4.98 Å². The van der Waals surface area contributed by atoms with Crippen molar-refractivity contribution in [3.05, 3.63) is 46.0 Å². The number of aromatic nitrogens is 1. The van der Waals surface area contributed by atoms with Gasteiger partial charge in [0.05, 0.1) is 12.1 Å². The van der Waals surface area contributed by atoms with Crippen molar-refractivity contribution in [3.8, 4) is 0 Å². The van der Waals surface area contributed by atoms with Crippen LogP contribution in [0.4, 0.5) is 5.13 Å². The number of rotatable bonds is 3. The maximum Gasteiger partial charge on any atom is 0.230 e. The van der Waals surface area contributed by atoms with Gasteiger partial charge in [0.2, 0.25) is 5.91 Å². The number of thiazole rings is 1. The van der Waals surface area contributed by atoms with Gasteiger partial charge in [0.1, 0.15) is 0 Å². The van der Waals surface area contributed by atoms with Gasteiger partial charge in [-0.2, -0.15) is 0 Å². The molecule has 0 unspecified atom stereocenters. The molecule has 0 fully saturated rings. The minimum absolute atomic E-state index is 0.0171. The van der Waals surface area contributed by atoms with Crippen LogP contribution < -0.4 is 5.32 Å². The SMILES string of the molecule is Cc1ccccc1CC(=O)Nc1nc2c(s1)C[C@H](C)CC2. The van der Waals surface area contributed by atoms with Gasteiger partial charge in [-0.25, -0.2) is 4.98 Å². The summed E-state index contributed by atoms with van der Waals surface area (Å²) in [5, 5.41) is 3.72. The Kier molecular flexibility index (Phi) is 4.06. The van der Waals surface area contributed by atoms with Crippen LogP contribution in [0.3, 0.4) is 0 Å². The van der Waals surface area contributed by atoms with Gasteiger partial charge >= 0.3 is 0 Å². The Labute approximate surface area is 129 Å². The first kappa shape index (κ1) is 14.3. The number of amides is 1. The molecule has 1 amide bonds. The number of fused-ring (bicyclic) bond motifs is 1. The van der Waals surface area contributed by atoms with Crippen LogP contribution in [0.15, 0.2) is 24.3 Å². The van der Waals surface area contributed by atoms with E-state index in [0.29, 0.717) is 6.42 Å². The predicted molar refractivity (Wildman–Crippen MR) is 86.8 cm³/mol. The standard InChI is InChI=1S/C17H20N2OS/c1-11-7-8-14-15(9-11)21-17(18-14)19-16(20)10-13-6-4-3-5-12(13)2/h3-6,11H,7-10H2,1-2H3,(H,18,19,20)/t11-/m1/s1. The summed E-state index contributed by atoms with van der Waals surface area (Å²) in [4.78, 5) is 18.1. The number of hydrogen-bond donors (Lipinski definition) is 1. The van der Waals surface area contributed by atoms with Gasteiger partial charge in [0.25, 0.3) is 0 Å². The molecule has 21 heavy (non-hydrogen) atoms.